The summed E-state index contributed by atoms with van der Waals surface area (Å²) in [4.78, 5) is 28.2. The second-order valence-corrected chi connectivity index (χ2v) is 7.95. The van der Waals surface area contributed by atoms with Crippen molar-refractivity contribution in [1.29, 1.82) is 0 Å². The molecule has 3 aliphatic heterocycles. The van der Waals surface area contributed by atoms with E-state index in [4.69, 9.17) is 4.74 Å². The molecule has 3 fully saturated rings. The Morgan fingerprint density at radius 1 is 1.14 bits per heavy atom. The molecule has 3 heterocycles. The molecule has 7 nitrogen and oxygen atoms in total. The number of anilines is 1. The van der Waals surface area contributed by atoms with Gasteiger partial charge in [0.15, 0.2) is 0 Å². The topological polar surface area (TPSA) is 73.9 Å². The van der Waals surface area contributed by atoms with Crippen LogP contribution in [0.15, 0.2) is 24.3 Å². The van der Waals surface area contributed by atoms with Crippen molar-refractivity contribution < 1.29 is 18.7 Å². The molecular formula is C20H27FN4O3. The minimum atomic E-state index is -0.452. The fraction of sp³-hybridized carbons (Fsp3) is 0.600. The number of hydrogen-bond donors (Lipinski definition) is 2. The summed E-state index contributed by atoms with van der Waals surface area (Å²) >= 11 is 0. The third-order valence-corrected chi connectivity index (χ3v) is 6.06. The van der Waals surface area contributed by atoms with Gasteiger partial charge >= 0.3 is 12.1 Å². The maximum absolute atomic E-state index is 13.1. The van der Waals surface area contributed by atoms with Gasteiger partial charge in [-0.25, -0.2) is 14.0 Å². The second kappa shape index (κ2) is 7.85. The molecule has 8 heteroatoms. The zero-order valence-electron chi connectivity index (χ0n) is 16.0. The number of alkyl carbamates (subject to hydrolysis) is 1. The average molecular weight is 390 g/mol. The summed E-state index contributed by atoms with van der Waals surface area (Å²) in [5.41, 5.74) is 0.566. The molecule has 28 heavy (non-hydrogen) atoms. The van der Waals surface area contributed by atoms with E-state index in [0.29, 0.717) is 26.1 Å². The number of carbonyl (C=O) groups excluding carboxylic acids is 2. The van der Waals surface area contributed by atoms with Gasteiger partial charge in [-0.3, -0.25) is 0 Å². The SMILES string of the molecule is O=C1NCC2(CCCN(C(=O)NC3CCN(c4ccc(F)cc4)CC3)CC2)O1. The number of ether oxygens (including phenoxy) is 1. The number of likely N-dealkylation sites (tertiary alicyclic amines) is 1. The van der Waals surface area contributed by atoms with Gasteiger partial charge in [-0.2, -0.15) is 0 Å². The number of hydrogen-bond acceptors (Lipinski definition) is 4. The largest absolute Gasteiger partial charge is 0.441 e. The molecule has 0 aliphatic carbocycles. The number of rotatable bonds is 2. The Balaban J connectivity index is 1.25. The Kier molecular flexibility index (Phi) is 5.28. The number of amides is 3. The van der Waals surface area contributed by atoms with E-state index in [2.05, 4.69) is 15.5 Å². The lowest BCUT2D eigenvalue weighted by Gasteiger charge is -2.35. The zero-order chi connectivity index (χ0) is 19.6. The zero-order valence-corrected chi connectivity index (χ0v) is 16.0. The summed E-state index contributed by atoms with van der Waals surface area (Å²) in [5.74, 6) is -0.228. The molecule has 2 N–H and O–H groups in total. The van der Waals surface area contributed by atoms with E-state index in [1.54, 1.807) is 12.1 Å². The maximum Gasteiger partial charge on any atom is 0.407 e. The van der Waals surface area contributed by atoms with Crippen molar-refractivity contribution >= 4 is 17.8 Å². The van der Waals surface area contributed by atoms with Gasteiger partial charge < -0.3 is 25.2 Å². The Morgan fingerprint density at radius 2 is 1.89 bits per heavy atom. The standard InChI is InChI=1S/C20H27FN4O3/c21-15-2-4-17(5-3-15)24-11-6-16(7-12-24)23-18(26)25-10-1-8-20(9-13-25)14-22-19(27)28-20/h2-5,16H,1,6-14H2,(H,22,27)(H,23,26). The fourth-order valence-corrected chi connectivity index (χ4v) is 4.35. The highest BCUT2D eigenvalue weighted by Gasteiger charge is 2.42. The first-order chi connectivity index (χ1) is 13.5. The molecular weight excluding hydrogens is 363 g/mol. The summed E-state index contributed by atoms with van der Waals surface area (Å²) in [5, 5.41) is 5.89. The summed E-state index contributed by atoms with van der Waals surface area (Å²) in [7, 11) is 0. The highest BCUT2D eigenvalue weighted by molar-refractivity contribution is 5.74. The number of piperidine rings is 1. The minimum Gasteiger partial charge on any atom is -0.441 e. The van der Waals surface area contributed by atoms with Crippen LogP contribution in [-0.4, -0.2) is 61.4 Å². The molecule has 3 amide bonds. The van der Waals surface area contributed by atoms with Gasteiger partial charge in [0, 0.05) is 44.3 Å². The van der Waals surface area contributed by atoms with Gasteiger partial charge in [0.25, 0.3) is 0 Å². The third-order valence-electron chi connectivity index (χ3n) is 6.06. The highest BCUT2D eigenvalue weighted by Crippen LogP contribution is 2.29. The molecule has 1 spiro atoms. The molecule has 1 unspecified atom stereocenters. The summed E-state index contributed by atoms with van der Waals surface area (Å²) in [6.07, 6.45) is 3.65. The van der Waals surface area contributed by atoms with Crippen LogP contribution in [0.1, 0.15) is 32.1 Å². The molecule has 0 aromatic heterocycles. The monoisotopic (exact) mass is 390 g/mol. The summed E-state index contributed by atoms with van der Waals surface area (Å²) in [6.45, 7) is 3.47. The first-order valence-electron chi connectivity index (χ1n) is 10.1. The van der Waals surface area contributed by atoms with Gasteiger partial charge in [0.05, 0.1) is 6.54 Å². The lowest BCUT2D eigenvalue weighted by Crippen LogP contribution is -2.49. The van der Waals surface area contributed by atoms with Crippen LogP contribution in [0.3, 0.4) is 0 Å². The molecule has 3 aliphatic rings. The molecule has 152 valence electrons. The van der Waals surface area contributed by atoms with Crippen molar-refractivity contribution in [2.24, 2.45) is 0 Å². The summed E-state index contributed by atoms with van der Waals surface area (Å²) in [6, 6.07) is 6.67. The third kappa shape index (κ3) is 4.15. The average Bonchev–Trinajstić information content (AvgIpc) is 2.93. The fourth-order valence-electron chi connectivity index (χ4n) is 4.35. The van der Waals surface area contributed by atoms with E-state index in [-0.39, 0.29) is 24.0 Å². The van der Waals surface area contributed by atoms with Crippen molar-refractivity contribution in [2.45, 2.75) is 43.7 Å². The molecule has 1 aromatic rings. The molecule has 1 atom stereocenters. The second-order valence-electron chi connectivity index (χ2n) is 7.95. The Labute approximate surface area is 164 Å². The molecule has 0 bridgehead atoms. The predicted molar refractivity (Wildman–Crippen MR) is 103 cm³/mol. The highest BCUT2D eigenvalue weighted by atomic mass is 19.1. The smallest absolute Gasteiger partial charge is 0.407 e. The Morgan fingerprint density at radius 3 is 2.57 bits per heavy atom. The van der Waals surface area contributed by atoms with Crippen LogP contribution in [-0.2, 0) is 4.74 Å². The van der Waals surface area contributed by atoms with Gasteiger partial charge in [-0.05, 0) is 49.9 Å². The van der Waals surface area contributed by atoms with E-state index in [1.807, 2.05) is 4.90 Å². The molecule has 1 aromatic carbocycles. The summed E-state index contributed by atoms with van der Waals surface area (Å²) < 4.78 is 18.6. The number of benzene rings is 1. The predicted octanol–water partition coefficient (Wildman–Crippen LogP) is 2.47. The van der Waals surface area contributed by atoms with Crippen LogP contribution in [0, 0.1) is 5.82 Å². The van der Waals surface area contributed by atoms with E-state index < -0.39 is 5.60 Å². The first-order valence-corrected chi connectivity index (χ1v) is 10.1. The van der Waals surface area contributed by atoms with Gasteiger partial charge in [-0.15, -0.1) is 0 Å². The Bertz CT molecular complexity index is 721. The molecule has 0 saturated carbocycles. The molecule has 0 radical (unpaired) electrons. The minimum absolute atomic E-state index is 0.0328. The van der Waals surface area contributed by atoms with E-state index in [9.17, 15) is 14.0 Å². The van der Waals surface area contributed by atoms with Crippen molar-refractivity contribution in [3.8, 4) is 0 Å². The Hall–Kier alpha value is -2.51. The number of urea groups is 1. The van der Waals surface area contributed by atoms with Crippen LogP contribution >= 0.6 is 0 Å². The van der Waals surface area contributed by atoms with Crippen LogP contribution in [0.2, 0.25) is 0 Å². The van der Waals surface area contributed by atoms with Crippen LogP contribution in [0.5, 0.6) is 0 Å². The lowest BCUT2D eigenvalue weighted by molar-refractivity contribution is 0.0453. The quantitative estimate of drug-likeness (QED) is 0.814. The van der Waals surface area contributed by atoms with Gasteiger partial charge in [0.1, 0.15) is 11.4 Å². The van der Waals surface area contributed by atoms with E-state index in [1.165, 1.54) is 12.1 Å². The van der Waals surface area contributed by atoms with Crippen molar-refractivity contribution in [2.75, 3.05) is 37.6 Å². The number of nitrogens with zero attached hydrogens (tertiary/aromatic N) is 2. The van der Waals surface area contributed by atoms with Crippen LogP contribution in [0.4, 0.5) is 19.7 Å². The maximum atomic E-state index is 13.1. The van der Waals surface area contributed by atoms with Crippen molar-refractivity contribution in [1.82, 2.24) is 15.5 Å². The lowest BCUT2D eigenvalue weighted by atomic mass is 9.95. The van der Waals surface area contributed by atoms with Crippen LogP contribution in [0.25, 0.3) is 0 Å². The van der Waals surface area contributed by atoms with E-state index >= 15 is 0 Å². The van der Waals surface area contributed by atoms with Crippen LogP contribution < -0.4 is 15.5 Å². The van der Waals surface area contributed by atoms with Crippen molar-refractivity contribution in [3.63, 3.8) is 0 Å². The van der Waals surface area contributed by atoms with Crippen molar-refractivity contribution in [3.05, 3.63) is 30.1 Å². The first kappa shape index (κ1) is 18.8. The van der Waals surface area contributed by atoms with Gasteiger partial charge in [-0.1, -0.05) is 0 Å². The van der Waals surface area contributed by atoms with E-state index in [0.717, 1.165) is 44.5 Å². The van der Waals surface area contributed by atoms with Gasteiger partial charge in [0.2, 0.25) is 0 Å². The number of nitrogens with one attached hydrogen (secondary N) is 2. The number of carbonyl (C=O) groups is 2. The molecule has 4 rings (SSSR count). The normalized spacial score (nSPS) is 26.0. The molecule has 3 saturated heterocycles. The number of halogens is 1.